The van der Waals surface area contributed by atoms with Crippen molar-refractivity contribution in [1.82, 2.24) is 0 Å². The number of halogens is 2. The Morgan fingerprint density at radius 1 is 1.19 bits per heavy atom. The van der Waals surface area contributed by atoms with Crippen LogP contribution in [-0.4, -0.2) is 24.2 Å². The number of hydrogen-bond donors (Lipinski definition) is 3. The minimum absolute atomic E-state index is 0. The molecule has 142 valence electrons. The molecule has 1 heterocycles. The molecule has 3 N–H and O–H groups in total. The fourth-order valence-electron chi connectivity index (χ4n) is 3.03. The summed E-state index contributed by atoms with van der Waals surface area (Å²) in [5.41, 5.74) is 12.0. The molecule has 1 unspecified atom stereocenters. The SMILES string of the molecule is Cc1cccc(N2Cc3c(NCC(N)CS)cccc3C2=O)c1C.Cl.Cl. The minimum Gasteiger partial charge on any atom is -0.383 e. The van der Waals surface area contributed by atoms with E-state index in [1.165, 1.54) is 5.56 Å². The lowest BCUT2D eigenvalue weighted by Crippen LogP contribution is -2.30. The van der Waals surface area contributed by atoms with E-state index in [9.17, 15) is 4.79 Å². The number of anilines is 2. The predicted molar refractivity (Wildman–Crippen MR) is 118 cm³/mol. The van der Waals surface area contributed by atoms with Gasteiger partial charge in [-0.2, -0.15) is 12.6 Å². The van der Waals surface area contributed by atoms with Gasteiger partial charge in [0.25, 0.3) is 5.91 Å². The van der Waals surface area contributed by atoms with Gasteiger partial charge in [0.2, 0.25) is 0 Å². The zero-order chi connectivity index (χ0) is 17.3. The number of nitrogens with one attached hydrogen (secondary N) is 1. The normalized spacial score (nSPS) is 13.5. The molecule has 1 aliphatic rings. The van der Waals surface area contributed by atoms with Gasteiger partial charge in [-0.25, -0.2) is 0 Å². The van der Waals surface area contributed by atoms with Crippen molar-refractivity contribution >= 4 is 54.7 Å². The molecule has 0 aliphatic carbocycles. The Labute approximate surface area is 172 Å². The van der Waals surface area contributed by atoms with Gasteiger partial charge in [-0.1, -0.05) is 18.2 Å². The van der Waals surface area contributed by atoms with Gasteiger partial charge in [0, 0.05) is 40.8 Å². The standard InChI is InChI=1S/C19H23N3OS.2ClH/c1-12-5-3-8-18(13(12)2)22-10-16-15(19(22)23)6-4-7-17(16)21-9-14(20)11-24;;/h3-8,14,21,24H,9-11,20H2,1-2H3;2*1H. The van der Waals surface area contributed by atoms with Gasteiger partial charge in [0.05, 0.1) is 6.54 Å². The van der Waals surface area contributed by atoms with E-state index in [2.05, 4.69) is 37.9 Å². The summed E-state index contributed by atoms with van der Waals surface area (Å²) in [5.74, 6) is 0.677. The molecule has 1 aliphatic heterocycles. The Hall–Kier alpha value is -1.40. The first-order valence-electron chi connectivity index (χ1n) is 8.13. The van der Waals surface area contributed by atoms with Crippen LogP contribution in [-0.2, 0) is 6.54 Å². The average molecular weight is 414 g/mol. The topological polar surface area (TPSA) is 58.4 Å². The summed E-state index contributed by atoms with van der Waals surface area (Å²) in [6, 6.07) is 11.9. The summed E-state index contributed by atoms with van der Waals surface area (Å²) in [4.78, 5) is 14.7. The molecule has 0 fully saturated rings. The summed E-state index contributed by atoms with van der Waals surface area (Å²) in [7, 11) is 0. The molecule has 3 rings (SSSR count). The number of rotatable bonds is 5. The molecule has 26 heavy (non-hydrogen) atoms. The van der Waals surface area contributed by atoms with Crippen molar-refractivity contribution < 1.29 is 4.79 Å². The molecular weight excluding hydrogens is 389 g/mol. The van der Waals surface area contributed by atoms with Crippen LogP contribution in [0.25, 0.3) is 0 Å². The fraction of sp³-hybridized carbons (Fsp3) is 0.316. The Kier molecular flexibility index (Phi) is 8.28. The molecule has 7 heteroatoms. The molecule has 1 atom stereocenters. The number of hydrogen-bond acceptors (Lipinski definition) is 4. The number of benzene rings is 2. The average Bonchev–Trinajstić information content (AvgIpc) is 2.92. The molecule has 0 saturated carbocycles. The number of carbonyl (C=O) groups is 1. The smallest absolute Gasteiger partial charge is 0.259 e. The van der Waals surface area contributed by atoms with E-state index in [1.807, 2.05) is 35.2 Å². The molecule has 2 aromatic rings. The van der Waals surface area contributed by atoms with E-state index in [-0.39, 0.29) is 36.8 Å². The lowest BCUT2D eigenvalue weighted by molar-refractivity contribution is 0.0996. The van der Waals surface area contributed by atoms with Crippen LogP contribution < -0.4 is 16.0 Å². The molecule has 2 aromatic carbocycles. The van der Waals surface area contributed by atoms with Crippen LogP contribution in [0, 0.1) is 13.8 Å². The lowest BCUT2D eigenvalue weighted by atomic mass is 10.1. The van der Waals surface area contributed by atoms with Gasteiger partial charge in [-0.05, 0) is 43.2 Å². The highest BCUT2D eigenvalue weighted by atomic mass is 35.5. The summed E-state index contributed by atoms with van der Waals surface area (Å²) in [5, 5.41) is 3.36. The molecule has 0 aromatic heterocycles. The van der Waals surface area contributed by atoms with E-state index >= 15 is 0 Å². The van der Waals surface area contributed by atoms with Crippen molar-refractivity contribution in [3.8, 4) is 0 Å². The molecule has 0 radical (unpaired) electrons. The van der Waals surface area contributed by atoms with Crippen LogP contribution in [0.3, 0.4) is 0 Å². The number of amides is 1. The van der Waals surface area contributed by atoms with Crippen molar-refractivity contribution in [2.24, 2.45) is 5.73 Å². The molecule has 4 nitrogen and oxygen atoms in total. The lowest BCUT2D eigenvalue weighted by Gasteiger charge is -2.20. The van der Waals surface area contributed by atoms with Crippen molar-refractivity contribution in [1.29, 1.82) is 0 Å². The third kappa shape index (κ3) is 4.29. The molecule has 1 amide bonds. The second-order valence-corrected chi connectivity index (χ2v) is 6.63. The number of thiol groups is 1. The van der Waals surface area contributed by atoms with Crippen molar-refractivity contribution in [2.45, 2.75) is 26.4 Å². The minimum atomic E-state index is -0.0172. The van der Waals surface area contributed by atoms with Crippen LogP contribution in [0.15, 0.2) is 36.4 Å². The van der Waals surface area contributed by atoms with E-state index in [1.54, 1.807) is 0 Å². The number of nitrogens with two attached hydrogens (primary N) is 1. The van der Waals surface area contributed by atoms with Crippen LogP contribution >= 0.6 is 37.4 Å². The monoisotopic (exact) mass is 413 g/mol. The van der Waals surface area contributed by atoms with Gasteiger partial charge >= 0.3 is 0 Å². The largest absolute Gasteiger partial charge is 0.383 e. The van der Waals surface area contributed by atoms with Crippen molar-refractivity contribution in [2.75, 3.05) is 22.5 Å². The van der Waals surface area contributed by atoms with E-state index in [0.717, 1.165) is 28.1 Å². The van der Waals surface area contributed by atoms with Crippen LogP contribution in [0.4, 0.5) is 11.4 Å². The second kappa shape index (κ2) is 9.51. The Bertz CT molecular complexity index is 785. The van der Waals surface area contributed by atoms with Gasteiger partial charge in [-0.15, -0.1) is 24.8 Å². The summed E-state index contributed by atoms with van der Waals surface area (Å²) >= 11 is 4.21. The first kappa shape index (κ1) is 22.6. The summed E-state index contributed by atoms with van der Waals surface area (Å²) in [6.45, 7) is 5.35. The summed E-state index contributed by atoms with van der Waals surface area (Å²) in [6.07, 6.45) is 0. The zero-order valence-electron chi connectivity index (χ0n) is 14.9. The Balaban J connectivity index is 0.00000169. The van der Waals surface area contributed by atoms with Crippen molar-refractivity contribution in [3.63, 3.8) is 0 Å². The zero-order valence-corrected chi connectivity index (χ0v) is 17.4. The van der Waals surface area contributed by atoms with Gasteiger partial charge < -0.3 is 16.0 Å². The van der Waals surface area contributed by atoms with Crippen LogP contribution in [0.2, 0.25) is 0 Å². The van der Waals surface area contributed by atoms with Crippen LogP contribution in [0.1, 0.15) is 27.0 Å². The number of aryl methyl sites for hydroxylation is 1. The molecular formula is C19H25Cl2N3OS. The number of carbonyl (C=O) groups excluding carboxylic acids is 1. The first-order valence-corrected chi connectivity index (χ1v) is 8.76. The highest BCUT2D eigenvalue weighted by molar-refractivity contribution is 7.80. The molecule has 0 spiro atoms. The maximum absolute atomic E-state index is 12.9. The fourth-order valence-corrected chi connectivity index (χ4v) is 3.16. The highest BCUT2D eigenvalue weighted by Gasteiger charge is 2.31. The molecule has 0 saturated heterocycles. The van der Waals surface area contributed by atoms with Gasteiger partial charge in [-0.3, -0.25) is 4.79 Å². The van der Waals surface area contributed by atoms with Gasteiger partial charge in [0.1, 0.15) is 0 Å². The highest BCUT2D eigenvalue weighted by Crippen LogP contribution is 2.34. The summed E-state index contributed by atoms with van der Waals surface area (Å²) < 4.78 is 0. The first-order chi connectivity index (χ1) is 11.5. The third-order valence-electron chi connectivity index (χ3n) is 4.62. The maximum atomic E-state index is 12.9. The predicted octanol–water partition coefficient (Wildman–Crippen LogP) is 3.98. The maximum Gasteiger partial charge on any atom is 0.259 e. The third-order valence-corrected chi connectivity index (χ3v) is 5.09. The Morgan fingerprint density at radius 3 is 2.58 bits per heavy atom. The van der Waals surface area contributed by atoms with E-state index in [4.69, 9.17) is 5.73 Å². The number of fused-ring (bicyclic) bond motifs is 1. The van der Waals surface area contributed by atoms with E-state index < -0.39 is 0 Å². The van der Waals surface area contributed by atoms with Crippen molar-refractivity contribution in [3.05, 3.63) is 58.7 Å². The second-order valence-electron chi connectivity index (χ2n) is 6.27. The van der Waals surface area contributed by atoms with E-state index in [0.29, 0.717) is 18.8 Å². The van der Waals surface area contributed by atoms with Crippen LogP contribution in [0.5, 0.6) is 0 Å². The number of nitrogens with zero attached hydrogens (tertiary/aromatic N) is 1. The van der Waals surface area contributed by atoms with Gasteiger partial charge in [0.15, 0.2) is 0 Å². The molecule has 0 bridgehead atoms. The Morgan fingerprint density at radius 2 is 1.88 bits per heavy atom. The quantitative estimate of drug-likeness (QED) is 0.649.